The molecular weight excluding hydrogens is 262 g/mol. The van der Waals surface area contributed by atoms with Crippen LogP contribution in [-0.4, -0.2) is 40.2 Å². The second-order valence-electron chi connectivity index (χ2n) is 4.32. The van der Waals surface area contributed by atoms with Gasteiger partial charge in [-0.05, 0) is 17.5 Å². The maximum Gasteiger partial charge on any atom is 0.264 e. The Labute approximate surface area is 114 Å². The van der Waals surface area contributed by atoms with Gasteiger partial charge >= 0.3 is 0 Å². The van der Waals surface area contributed by atoms with E-state index in [-0.39, 0.29) is 12.0 Å². The summed E-state index contributed by atoms with van der Waals surface area (Å²) in [6.07, 6.45) is 2.43. The van der Waals surface area contributed by atoms with Gasteiger partial charge in [-0.1, -0.05) is 6.07 Å². The third kappa shape index (κ3) is 2.73. The Kier molecular flexibility index (Phi) is 3.41. The van der Waals surface area contributed by atoms with E-state index in [9.17, 15) is 4.79 Å². The molecule has 1 saturated heterocycles. The summed E-state index contributed by atoms with van der Waals surface area (Å²) in [5.41, 5.74) is 0. The number of hydrogen-bond donors (Lipinski definition) is 0. The van der Waals surface area contributed by atoms with E-state index in [0.29, 0.717) is 12.4 Å². The van der Waals surface area contributed by atoms with Crippen molar-refractivity contribution in [3.63, 3.8) is 0 Å². The van der Waals surface area contributed by atoms with Gasteiger partial charge in [-0.15, -0.1) is 16.4 Å². The number of likely N-dealkylation sites (tertiary alicyclic amines) is 1. The minimum absolute atomic E-state index is 0.000567. The van der Waals surface area contributed by atoms with Gasteiger partial charge in [0, 0.05) is 25.2 Å². The van der Waals surface area contributed by atoms with Crippen LogP contribution in [0.15, 0.2) is 35.8 Å². The number of rotatable bonds is 3. The number of amides is 1. The SMILES string of the molecule is O=C(c1cccs1)N1CC[C@@H](Oc2cccnn2)C1. The molecule has 0 spiro atoms. The Morgan fingerprint density at radius 3 is 3.11 bits per heavy atom. The normalized spacial score (nSPS) is 18.5. The zero-order valence-corrected chi connectivity index (χ0v) is 11.0. The summed E-state index contributed by atoms with van der Waals surface area (Å²) in [6, 6.07) is 7.30. The van der Waals surface area contributed by atoms with Crippen molar-refractivity contribution in [3.8, 4) is 5.88 Å². The molecule has 0 aliphatic carbocycles. The molecule has 2 aromatic heterocycles. The third-order valence-corrected chi connectivity index (χ3v) is 3.86. The van der Waals surface area contributed by atoms with Crippen LogP contribution in [0.3, 0.4) is 0 Å². The lowest BCUT2D eigenvalue weighted by Crippen LogP contribution is -2.30. The molecule has 1 fully saturated rings. The fourth-order valence-corrected chi connectivity index (χ4v) is 2.78. The molecule has 19 heavy (non-hydrogen) atoms. The molecule has 0 N–H and O–H groups in total. The van der Waals surface area contributed by atoms with Crippen molar-refractivity contribution in [2.45, 2.75) is 12.5 Å². The number of carbonyl (C=O) groups excluding carboxylic acids is 1. The van der Waals surface area contributed by atoms with Crippen molar-refractivity contribution < 1.29 is 9.53 Å². The minimum Gasteiger partial charge on any atom is -0.471 e. The molecule has 0 aromatic carbocycles. The molecule has 0 unspecified atom stereocenters. The number of carbonyl (C=O) groups is 1. The zero-order valence-electron chi connectivity index (χ0n) is 10.2. The van der Waals surface area contributed by atoms with Crippen LogP contribution >= 0.6 is 11.3 Å². The predicted octanol–water partition coefficient (Wildman–Crippen LogP) is 1.83. The molecule has 6 heteroatoms. The highest BCUT2D eigenvalue weighted by molar-refractivity contribution is 7.12. The monoisotopic (exact) mass is 275 g/mol. The lowest BCUT2D eigenvalue weighted by Gasteiger charge is -2.15. The van der Waals surface area contributed by atoms with Gasteiger partial charge in [0.2, 0.25) is 5.88 Å². The number of thiophene rings is 1. The molecule has 0 radical (unpaired) electrons. The van der Waals surface area contributed by atoms with Gasteiger partial charge in [0.1, 0.15) is 6.10 Å². The molecule has 1 aliphatic rings. The van der Waals surface area contributed by atoms with E-state index in [0.717, 1.165) is 17.8 Å². The molecule has 98 valence electrons. The van der Waals surface area contributed by atoms with Gasteiger partial charge < -0.3 is 9.64 Å². The maximum absolute atomic E-state index is 12.2. The molecule has 1 aliphatic heterocycles. The summed E-state index contributed by atoms with van der Waals surface area (Å²) in [5, 5.41) is 9.57. The summed E-state index contributed by atoms with van der Waals surface area (Å²) >= 11 is 1.47. The van der Waals surface area contributed by atoms with E-state index in [4.69, 9.17) is 4.74 Å². The van der Waals surface area contributed by atoms with Gasteiger partial charge in [-0.25, -0.2) is 0 Å². The summed E-state index contributed by atoms with van der Waals surface area (Å²) in [7, 11) is 0. The first-order chi connectivity index (χ1) is 9.33. The third-order valence-electron chi connectivity index (χ3n) is 3.00. The molecule has 1 atom stereocenters. The second-order valence-corrected chi connectivity index (χ2v) is 5.27. The van der Waals surface area contributed by atoms with E-state index in [1.165, 1.54) is 11.3 Å². The van der Waals surface area contributed by atoms with Crippen molar-refractivity contribution in [1.82, 2.24) is 15.1 Å². The average molecular weight is 275 g/mol. The molecule has 0 bridgehead atoms. The van der Waals surface area contributed by atoms with Crippen LogP contribution in [0.25, 0.3) is 0 Å². The average Bonchev–Trinajstić information content (AvgIpc) is 3.10. The molecule has 5 nitrogen and oxygen atoms in total. The van der Waals surface area contributed by atoms with Crippen LogP contribution < -0.4 is 4.74 Å². The highest BCUT2D eigenvalue weighted by Crippen LogP contribution is 2.19. The maximum atomic E-state index is 12.2. The standard InChI is InChI=1S/C13H13N3O2S/c17-13(11-3-2-8-19-11)16-7-5-10(9-16)18-12-4-1-6-14-15-12/h1-4,6,8,10H,5,7,9H2/t10-/m1/s1. The Hall–Kier alpha value is -1.95. The summed E-state index contributed by atoms with van der Waals surface area (Å²) in [4.78, 5) is 14.8. The number of aromatic nitrogens is 2. The van der Waals surface area contributed by atoms with Crippen LogP contribution in [0.4, 0.5) is 0 Å². The van der Waals surface area contributed by atoms with Crippen LogP contribution in [0.2, 0.25) is 0 Å². The summed E-state index contributed by atoms with van der Waals surface area (Å²) in [6.45, 7) is 1.33. The van der Waals surface area contributed by atoms with E-state index in [1.807, 2.05) is 22.4 Å². The van der Waals surface area contributed by atoms with Crippen LogP contribution in [-0.2, 0) is 0 Å². The first kappa shape index (κ1) is 12.1. The lowest BCUT2D eigenvalue weighted by atomic mass is 10.3. The predicted molar refractivity (Wildman–Crippen MR) is 71.3 cm³/mol. The lowest BCUT2D eigenvalue weighted by molar-refractivity contribution is 0.0775. The summed E-state index contributed by atoms with van der Waals surface area (Å²) < 4.78 is 5.71. The quantitative estimate of drug-likeness (QED) is 0.857. The van der Waals surface area contributed by atoms with Gasteiger partial charge in [0.25, 0.3) is 5.91 Å². The highest BCUT2D eigenvalue weighted by atomic mass is 32.1. The van der Waals surface area contributed by atoms with E-state index < -0.39 is 0 Å². The molecule has 3 rings (SSSR count). The van der Waals surface area contributed by atoms with Gasteiger partial charge in [-0.2, -0.15) is 5.10 Å². The zero-order chi connectivity index (χ0) is 13.1. The van der Waals surface area contributed by atoms with Crippen LogP contribution in [0.1, 0.15) is 16.1 Å². The topological polar surface area (TPSA) is 55.3 Å². The second kappa shape index (κ2) is 5.36. The van der Waals surface area contributed by atoms with Crippen LogP contribution in [0, 0.1) is 0 Å². The fourth-order valence-electron chi connectivity index (χ4n) is 2.09. The van der Waals surface area contributed by atoms with Gasteiger partial charge in [0.15, 0.2) is 0 Å². The van der Waals surface area contributed by atoms with E-state index in [1.54, 1.807) is 18.3 Å². The van der Waals surface area contributed by atoms with Crippen molar-refractivity contribution in [1.29, 1.82) is 0 Å². The molecular formula is C13H13N3O2S. The van der Waals surface area contributed by atoms with Crippen molar-refractivity contribution in [2.24, 2.45) is 0 Å². The number of ether oxygens (including phenoxy) is 1. The summed E-state index contributed by atoms with van der Waals surface area (Å²) in [5.74, 6) is 0.596. The van der Waals surface area contributed by atoms with Crippen LogP contribution in [0.5, 0.6) is 5.88 Å². The van der Waals surface area contributed by atoms with E-state index >= 15 is 0 Å². The fraction of sp³-hybridized carbons (Fsp3) is 0.308. The van der Waals surface area contributed by atoms with Gasteiger partial charge in [0.05, 0.1) is 11.4 Å². The smallest absolute Gasteiger partial charge is 0.264 e. The van der Waals surface area contributed by atoms with Crippen molar-refractivity contribution >= 4 is 17.2 Å². The molecule has 3 heterocycles. The Morgan fingerprint density at radius 1 is 1.42 bits per heavy atom. The van der Waals surface area contributed by atoms with Crippen molar-refractivity contribution in [2.75, 3.05) is 13.1 Å². The van der Waals surface area contributed by atoms with E-state index in [2.05, 4.69) is 10.2 Å². The largest absolute Gasteiger partial charge is 0.471 e. The molecule has 0 saturated carbocycles. The van der Waals surface area contributed by atoms with Gasteiger partial charge in [-0.3, -0.25) is 4.79 Å². The molecule has 1 amide bonds. The Morgan fingerprint density at radius 2 is 2.37 bits per heavy atom. The Bertz CT molecular complexity index is 544. The first-order valence-electron chi connectivity index (χ1n) is 6.10. The number of hydrogen-bond acceptors (Lipinski definition) is 5. The van der Waals surface area contributed by atoms with Crippen molar-refractivity contribution in [3.05, 3.63) is 40.7 Å². The first-order valence-corrected chi connectivity index (χ1v) is 6.98. The minimum atomic E-state index is 0.000567. The number of nitrogens with zero attached hydrogens (tertiary/aromatic N) is 3. The Balaban J connectivity index is 1.60. The highest BCUT2D eigenvalue weighted by Gasteiger charge is 2.28. The molecule has 2 aromatic rings.